The first-order valence-corrected chi connectivity index (χ1v) is 12.5. The number of piperidine rings is 1. The Bertz CT molecular complexity index is 952. The Morgan fingerprint density at radius 3 is 2.55 bits per heavy atom. The lowest BCUT2D eigenvalue weighted by molar-refractivity contribution is -0.120. The number of rotatable bonds is 7. The van der Waals surface area contributed by atoms with E-state index in [0.717, 1.165) is 27.5 Å². The predicted octanol–water partition coefficient (Wildman–Crippen LogP) is 4.29. The zero-order valence-corrected chi connectivity index (χ0v) is 18.6. The van der Waals surface area contributed by atoms with Gasteiger partial charge in [0.05, 0.1) is 11.4 Å². The minimum Gasteiger partial charge on any atom is -0.325 e. The predicted molar refractivity (Wildman–Crippen MR) is 120 cm³/mol. The van der Waals surface area contributed by atoms with Gasteiger partial charge in [0.25, 0.3) is 0 Å². The molecule has 0 unspecified atom stereocenters. The van der Waals surface area contributed by atoms with Gasteiger partial charge in [-0.1, -0.05) is 48.9 Å². The van der Waals surface area contributed by atoms with Crippen molar-refractivity contribution in [1.82, 2.24) is 4.31 Å². The van der Waals surface area contributed by atoms with Crippen molar-refractivity contribution in [3.63, 3.8) is 0 Å². The third-order valence-electron chi connectivity index (χ3n) is 5.09. The van der Waals surface area contributed by atoms with E-state index in [1.54, 1.807) is 11.8 Å². The lowest BCUT2D eigenvalue weighted by Gasteiger charge is -2.30. The molecule has 0 spiro atoms. The minimum absolute atomic E-state index is 0.00710. The van der Waals surface area contributed by atoms with Gasteiger partial charge in [-0.05, 0) is 43.2 Å². The molecule has 7 heteroatoms. The monoisotopic (exact) mass is 432 g/mol. The molecule has 2 aromatic carbocycles. The number of para-hydroxylation sites is 1. The van der Waals surface area contributed by atoms with Gasteiger partial charge in [-0.3, -0.25) is 4.79 Å². The van der Waals surface area contributed by atoms with Gasteiger partial charge in [-0.25, -0.2) is 12.7 Å². The standard InChI is InChI=1S/C22H28N2O3S2/c1-3-28-21-10-5-4-9-20(21)23-22(25)19-11-13-24(14-12-19)29(26,27)16-18-8-6-7-17(2)15-18/h4-10,15,19H,3,11-14,16H2,1-2H3,(H,23,25). The molecule has 5 nitrogen and oxygen atoms in total. The summed E-state index contributed by atoms with van der Waals surface area (Å²) in [6.07, 6.45) is 1.09. The lowest BCUT2D eigenvalue weighted by Crippen LogP contribution is -2.41. The van der Waals surface area contributed by atoms with Gasteiger partial charge in [0.1, 0.15) is 0 Å². The van der Waals surface area contributed by atoms with Gasteiger partial charge in [0.15, 0.2) is 0 Å². The highest BCUT2D eigenvalue weighted by atomic mass is 32.2. The molecule has 1 saturated heterocycles. The van der Waals surface area contributed by atoms with Gasteiger partial charge < -0.3 is 5.32 Å². The second-order valence-electron chi connectivity index (χ2n) is 7.34. The number of hydrogen-bond acceptors (Lipinski definition) is 4. The van der Waals surface area contributed by atoms with Crippen LogP contribution in [0.15, 0.2) is 53.4 Å². The van der Waals surface area contributed by atoms with Crippen LogP contribution in [0.4, 0.5) is 5.69 Å². The molecular weight excluding hydrogens is 404 g/mol. The Labute approximate surface area is 177 Å². The highest BCUT2D eigenvalue weighted by Crippen LogP contribution is 2.28. The molecule has 0 aliphatic carbocycles. The van der Waals surface area contributed by atoms with Crippen LogP contribution in [-0.2, 0) is 20.6 Å². The van der Waals surface area contributed by atoms with Crippen molar-refractivity contribution in [3.05, 3.63) is 59.7 Å². The first-order chi connectivity index (χ1) is 13.9. The summed E-state index contributed by atoms with van der Waals surface area (Å²) in [5.41, 5.74) is 2.68. The van der Waals surface area contributed by atoms with E-state index in [4.69, 9.17) is 0 Å². The summed E-state index contributed by atoms with van der Waals surface area (Å²) in [4.78, 5) is 13.8. The first kappa shape index (κ1) is 21.9. The number of nitrogens with zero attached hydrogens (tertiary/aromatic N) is 1. The number of benzene rings is 2. The average Bonchev–Trinajstić information content (AvgIpc) is 2.69. The van der Waals surface area contributed by atoms with Gasteiger partial charge in [0.2, 0.25) is 15.9 Å². The van der Waals surface area contributed by atoms with Gasteiger partial charge >= 0.3 is 0 Å². The fourth-order valence-electron chi connectivity index (χ4n) is 3.59. The molecule has 1 aliphatic heterocycles. The van der Waals surface area contributed by atoms with Crippen LogP contribution in [0.3, 0.4) is 0 Å². The maximum atomic E-state index is 12.8. The Hall–Kier alpha value is -1.83. The second-order valence-corrected chi connectivity index (χ2v) is 10.6. The maximum Gasteiger partial charge on any atom is 0.227 e. The molecule has 3 rings (SSSR count). The Morgan fingerprint density at radius 2 is 1.86 bits per heavy atom. The van der Waals surface area contributed by atoms with Crippen LogP contribution >= 0.6 is 11.8 Å². The van der Waals surface area contributed by atoms with Gasteiger partial charge in [-0.2, -0.15) is 0 Å². The number of amides is 1. The summed E-state index contributed by atoms with van der Waals surface area (Å²) in [6.45, 7) is 4.81. The summed E-state index contributed by atoms with van der Waals surface area (Å²) in [6, 6.07) is 15.4. The molecule has 1 amide bonds. The van der Waals surface area contributed by atoms with Crippen LogP contribution in [0, 0.1) is 12.8 Å². The number of sulfonamides is 1. The molecule has 0 atom stereocenters. The third-order valence-corrected chi connectivity index (χ3v) is 7.90. The number of aryl methyl sites for hydroxylation is 1. The van der Waals surface area contributed by atoms with Crippen molar-refractivity contribution < 1.29 is 13.2 Å². The van der Waals surface area contributed by atoms with Crippen molar-refractivity contribution in [3.8, 4) is 0 Å². The van der Waals surface area contributed by atoms with Gasteiger partial charge in [0, 0.05) is 23.9 Å². The Kier molecular flexibility index (Phi) is 7.38. The van der Waals surface area contributed by atoms with E-state index >= 15 is 0 Å². The fraction of sp³-hybridized carbons (Fsp3) is 0.409. The Morgan fingerprint density at radius 1 is 1.14 bits per heavy atom. The molecule has 29 heavy (non-hydrogen) atoms. The number of carbonyl (C=O) groups excluding carboxylic acids is 1. The molecule has 1 N–H and O–H groups in total. The molecule has 0 radical (unpaired) electrons. The summed E-state index contributed by atoms with van der Waals surface area (Å²) >= 11 is 1.69. The largest absolute Gasteiger partial charge is 0.325 e. The van der Waals surface area contributed by atoms with Crippen LogP contribution in [-0.4, -0.2) is 37.5 Å². The molecule has 2 aromatic rings. The zero-order chi connectivity index (χ0) is 20.9. The van der Waals surface area contributed by atoms with Crippen molar-refractivity contribution in [1.29, 1.82) is 0 Å². The average molecular weight is 433 g/mol. The van der Waals surface area contributed by atoms with Crippen LogP contribution in [0.5, 0.6) is 0 Å². The van der Waals surface area contributed by atoms with E-state index in [-0.39, 0.29) is 17.6 Å². The van der Waals surface area contributed by atoms with E-state index < -0.39 is 10.0 Å². The highest BCUT2D eigenvalue weighted by molar-refractivity contribution is 7.99. The van der Waals surface area contributed by atoms with Gasteiger partial charge in [-0.15, -0.1) is 11.8 Å². The van der Waals surface area contributed by atoms with Crippen molar-refractivity contribution in [2.75, 3.05) is 24.2 Å². The van der Waals surface area contributed by atoms with E-state index in [1.165, 1.54) is 4.31 Å². The van der Waals surface area contributed by atoms with E-state index in [0.29, 0.717) is 25.9 Å². The molecule has 1 fully saturated rings. The fourth-order valence-corrected chi connectivity index (χ4v) is 5.90. The molecule has 1 aliphatic rings. The van der Waals surface area contributed by atoms with Crippen LogP contribution in [0.25, 0.3) is 0 Å². The number of anilines is 1. The maximum absolute atomic E-state index is 12.8. The van der Waals surface area contributed by atoms with Crippen LogP contribution < -0.4 is 5.32 Å². The first-order valence-electron chi connectivity index (χ1n) is 9.95. The van der Waals surface area contributed by atoms with E-state index in [9.17, 15) is 13.2 Å². The second kappa shape index (κ2) is 9.78. The topological polar surface area (TPSA) is 66.5 Å². The summed E-state index contributed by atoms with van der Waals surface area (Å²) in [5, 5.41) is 3.04. The number of thioether (sulfide) groups is 1. The summed E-state index contributed by atoms with van der Waals surface area (Å²) in [5.74, 6) is 0.752. The molecule has 0 saturated carbocycles. The SMILES string of the molecule is CCSc1ccccc1NC(=O)C1CCN(S(=O)(=O)Cc2cccc(C)c2)CC1. The van der Waals surface area contributed by atoms with Crippen molar-refractivity contribution in [2.24, 2.45) is 5.92 Å². The van der Waals surface area contributed by atoms with Crippen molar-refractivity contribution in [2.45, 2.75) is 37.3 Å². The zero-order valence-electron chi connectivity index (χ0n) is 16.9. The van der Waals surface area contributed by atoms with Crippen LogP contribution in [0.1, 0.15) is 30.9 Å². The normalized spacial score (nSPS) is 15.9. The summed E-state index contributed by atoms with van der Waals surface area (Å²) < 4.78 is 27.1. The smallest absolute Gasteiger partial charge is 0.227 e. The summed E-state index contributed by atoms with van der Waals surface area (Å²) in [7, 11) is -3.38. The molecule has 0 aromatic heterocycles. The molecule has 0 bridgehead atoms. The quantitative estimate of drug-likeness (QED) is 0.663. The third kappa shape index (κ3) is 5.84. The number of nitrogens with one attached hydrogen (secondary N) is 1. The Balaban J connectivity index is 1.58. The molecule has 1 heterocycles. The van der Waals surface area contributed by atoms with Crippen LogP contribution in [0.2, 0.25) is 0 Å². The minimum atomic E-state index is -3.38. The van der Waals surface area contributed by atoms with Crippen molar-refractivity contribution >= 4 is 33.4 Å². The molecule has 156 valence electrons. The van der Waals surface area contributed by atoms with E-state index in [2.05, 4.69) is 12.2 Å². The highest BCUT2D eigenvalue weighted by Gasteiger charge is 2.31. The number of hydrogen-bond donors (Lipinski definition) is 1. The molecular formula is C22H28N2O3S2. The lowest BCUT2D eigenvalue weighted by atomic mass is 9.97. The number of carbonyl (C=O) groups is 1. The van der Waals surface area contributed by atoms with E-state index in [1.807, 2.05) is 55.5 Å².